The van der Waals surface area contributed by atoms with E-state index >= 15 is 0 Å². The Bertz CT molecular complexity index is 596. The van der Waals surface area contributed by atoms with Crippen molar-refractivity contribution in [3.05, 3.63) is 57.5 Å². The molecule has 0 aliphatic rings. The number of benzene rings is 2. The van der Waals surface area contributed by atoms with Crippen molar-refractivity contribution in [1.82, 2.24) is 0 Å². The highest BCUT2D eigenvalue weighted by Gasteiger charge is 2.12. The molecule has 0 aromatic heterocycles. The maximum absolute atomic E-state index is 11.7. The Balaban J connectivity index is 2.12. The summed E-state index contributed by atoms with van der Waals surface area (Å²) in [6.45, 7) is 0. The van der Waals surface area contributed by atoms with Crippen LogP contribution in [0, 0.1) is 0 Å². The van der Waals surface area contributed by atoms with Gasteiger partial charge in [0.15, 0.2) is 5.75 Å². The molecule has 0 heterocycles. The normalized spacial score (nSPS) is 10.1. The van der Waals surface area contributed by atoms with Gasteiger partial charge in [-0.3, -0.25) is 5.32 Å². The molecular weight excluding hydrogens is 309 g/mol. The van der Waals surface area contributed by atoms with Gasteiger partial charge in [-0.1, -0.05) is 53.0 Å². The second-order valence-corrected chi connectivity index (χ2v) is 4.76. The average Bonchev–Trinajstić information content (AvgIpc) is 2.37. The zero-order valence-electron chi connectivity index (χ0n) is 9.49. The van der Waals surface area contributed by atoms with Gasteiger partial charge in [0, 0.05) is 0 Å². The Kier molecular flexibility index (Phi) is 4.53. The molecule has 2 rings (SSSR count). The van der Waals surface area contributed by atoms with Crippen LogP contribution in [-0.2, 0) is 0 Å². The van der Waals surface area contributed by atoms with Crippen LogP contribution in [0.25, 0.3) is 0 Å². The number of halogens is 3. The zero-order chi connectivity index (χ0) is 13.8. The molecule has 0 aliphatic carbocycles. The fourth-order valence-electron chi connectivity index (χ4n) is 1.37. The number of hydrogen-bond donors (Lipinski definition) is 1. The van der Waals surface area contributed by atoms with Crippen molar-refractivity contribution in [1.29, 1.82) is 0 Å². The minimum Gasteiger partial charge on any atom is -0.409 e. The summed E-state index contributed by atoms with van der Waals surface area (Å²) in [5.74, 6) is 0.254. The second-order valence-electron chi connectivity index (χ2n) is 3.54. The molecule has 0 saturated heterocycles. The Morgan fingerprint density at radius 2 is 1.47 bits per heavy atom. The van der Waals surface area contributed by atoms with Crippen molar-refractivity contribution >= 4 is 46.6 Å². The van der Waals surface area contributed by atoms with Gasteiger partial charge in [-0.25, -0.2) is 4.79 Å². The molecule has 2 aromatic rings. The third-order valence-corrected chi connectivity index (χ3v) is 3.17. The van der Waals surface area contributed by atoms with Crippen LogP contribution in [0.4, 0.5) is 10.5 Å². The SMILES string of the molecule is O=C(Nc1c(Cl)cccc1Cl)Oc1ccccc1Cl. The lowest BCUT2D eigenvalue weighted by molar-refractivity contribution is 0.215. The maximum atomic E-state index is 11.7. The molecule has 2 aromatic carbocycles. The molecule has 6 heteroatoms. The van der Waals surface area contributed by atoms with E-state index in [1.54, 1.807) is 42.5 Å². The minimum atomic E-state index is -0.719. The van der Waals surface area contributed by atoms with E-state index in [2.05, 4.69) is 5.32 Å². The molecule has 0 atom stereocenters. The lowest BCUT2D eigenvalue weighted by Gasteiger charge is -2.10. The zero-order valence-corrected chi connectivity index (χ0v) is 11.8. The molecule has 0 radical (unpaired) electrons. The van der Waals surface area contributed by atoms with Gasteiger partial charge in [0.25, 0.3) is 0 Å². The highest BCUT2D eigenvalue weighted by atomic mass is 35.5. The van der Waals surface area contributed by atoms with E-state index < -0.39 is 6.09 Å². The number of carbonyl (C=O) groups is 1. The summed E-state index contributed by atoms with van der Waals surface area (Å²) >= 11 is 17.7. The Morgan fingerprint density at radius 3 is 2.11 bits per heavy atom. The molecule has 1 N–H and O–H groups in total. The number of para-hydroxylation sites is 2. The largest absolute Gasteiger partial charge is 0.417 e. The summed E-state index contributed by atoms with van der Waals surface area (Å²) < 4.78 is 5.06. The van der Waals surface area contributed by atoms with Gasteiger partial charge in [0.1, 0.15) is 0 Å². The monoisotopic (exact) mass is 315 g/mol. The second kappa shape index (κ2) is 6.15. The van der Waals surface area contributed by atoms with Crippen molar-refractivity contribution in [2.45, 2.75) is 0 Å². The van der Waals surface area contributed by atoms with Gasteiger partial charge in [-0.2, -0.15) is 0 Å². The van der Waals surface area contributed by atoms with Gasteiger partial charge < -0.3 is 4.74 Å². The number of carbonyl (C=O) groups excluding carboxylic acids is 1. The van der Waals surface area contributed by atoms with Crippen LogP contribution in [0.5, 0.6) is 5.75 Å². The first kappa shape index (κ1) is 14.0. The topological polar surface area (TPSA) is 38.3 Å². The smallest absolute Gasteiger partial charge is 0.409 e. The predicted octanol–water partition coefficient (Wildman–Crippen LogP) is 5.26. The van der Waals surface area contributed by atoms with Crippen molar-refractivity contribution < 1.29 is 9.53 Å². The van der Waals surface area contributed by atoms with Crippen molar-refractivity contribution in [2.75, 3.05) is 5.32 Å². The summed E-state index contributed by atoms with van der Waals surface area (Å²) in [6.07, 6.45) is -0.719. The average molecular weight is 317 g/mol. The molecule has 3 nitrogen and oxygen atoms in total. The predicted molar refractivity (Wildman–Crippen MR) is 77.6 cm³/mol. The van der Waals surface area contributed by atoms with Crippen LogP contribution in [-0.4, -0.2) is 6.09 Å². The molecule has 0 saturated carbocycles. The van der Waals surface area contributed by atoms with Gasteiger partial charge >= 0.3 is 6.09 Å². The van der Waals surface area contributed by atoms with E-state index in [1.807, 2.05) is 0 Å². The number of anilines is 1. The number of amides is 1. The highest BCUT2D eigenvalue weighted by molar-refractivity contribution is 6.39. The molecule has 0 spiro atoms. The van der Waals surface area contributed by atoms with E-state index in [0.717, 1.165) is 0 Å². The molecule has 19 heavy (non-hydrogen) atoms. The lowest BCUT2D eigenvalue weighted by atomic mass is 10.3. The first-order chi connectivity index (χ1) is 9.08. The van der Waals surface area contributed by atoms with Gasteiger partial charge in [0.2, 0.25) is 0 Å². The third-order valence-electron chi connectivity index (χ3n) is 2.23. The van der Waals surface area contributed by atoms with Crippen LogP contribution < -0.4 is 10.1 Å². The summed E-state index contributed by atoms with van der Waals surface area (Å²) in [5.41, 5.74) is 0.294. The third kappa shape index (κ3) is 3.53. The van der Waals surface area contributed by atoms with Gasteiger partial charge in [-0.15, -0.1) is 0 Å². The van der Waals surface area contributed by atoms with E-state index in [4.69, 9.17) is 39.5 Å². The van der Waals surface area contributed by atoms with E-state index in [9.17, 15) is 4.79 Å². The van der Waals surface area contributed by atoms with Crippen LogP contribution in [0.15, 0.2) is 42.5 Å². The first-order valence-electron chi connectivity index (χ1n) is 5.25. The van der Waals surface area contributed by atoms with Crippen molar-refractivity contribution in [3.8, 4) is 5.75 Å². The summed E-state index contributed by atoms with van der Waals surface area (Å²) in [7, 11) is 0. The first-order valence-corrected chi connectivity index (χ1v) is 6.38. The fraction of sp³-hybridized carbons (Fsp3) is 0. The molecule has 0 bridgehead atoms. The number of ether oxygens (including phenoxy) is 1. The number of rotatable bonds is 2. The molecule has 1 amide bonds. The number of nitrogens with one attached hydrogen (secondary N) is 1. The van der Waals surface area contributed by atoms with Crippen LogP contribution >= 0.6 is 34.8 Å². The molecular formula is C13H8Cl3NO2. The number of hydrogen-bond acceptors (Lipinski definition) is 2. The summed E-state index contributed by atoms with van der Waals surface area (Å²) in [4.78, 5) is 11.7. The molecule has 0 unspecified atom stereocenters. The van der Waals surface area contributed by atoms with Gasteiger partial charge in [-0.05, 0) is 24.3 Å². The standard InChI is InChI=1S/C13H8Cl3NO2/c14-8-4-1-2-7-11(8)19-13(18)17-12-9(15)5-3-6-10(12)16/h1-7H,(H,17,18). The molecule has 98 valence electrons. The summed E-state index contributed by atoms with van der Waals surface area (Å²) in [6, 6.07) is 11.5. The van der Waals surface area contributed by atoms with E-state index in [1.165, 1.54) is 0 Å². The minimum absolute atomic E-state index is 0.254. The molecule has 0 aliphatic heterocycles. The fourth-order valence-corrected chi connectivity index (χ4v) is 2.04. The maximum Gasteiger partial charge on any atom is 0.417 e. The van der Waals surface area contributed by atoms with E-state index in [0.29, 0.717) is 20.8 Å². The van der Waals surface area contributed by atoms with Crippen molar-refractivity contribution in [2.24, 2.45) is 0 Å². The Hall–Kier alpha value is -1.42. The highest BCUT2D eigenvalue weighted by Crippen LogP contribution is 2.30. The van der Waals surface area contributed by atoms with Crippen LogP contribution in [0.1, 0.15) is 0 Å². The van der Waals surface area contributed by atoms with Gasteiger partial charge in [0.05, 0.1) is 20.8 Å². The summed E-state index contributed by atoms with van der Waals surface area (Å²) in [5, 5.41) is 3.45. The van der Waals surface area contributed by atoms with Crippen LogP contribution in [0.3, 0.4) is 0 Å². The van der Waals surface area contributed by atoms with E-state index in [-0.39, 0.29) is 5.75 Å². The molecule has 0 fully saturated rings. The Morgan fingerprint density at radius 1 is 0.895 bits per heavy atom. The lowest BCUT2D eigenvalue weighted by Crippen LogP contribution is -2.17. The van der Waals surface area contributed by atoms with Crippen molar-refractivity contribution in [3.63, 3.8) is 0 Å². The quantitative estimate of drug-likeness (QED) is 0.821. The Labute approximate surface area is 125 Å². The van der Waals surface area contributed by atoms with Crippen LogP contribution in [0.2, 0.25) is 15.1 Å².